The van der Waals surface area contributed by atoms with Crippen molar-refractivity contribution in [3.05, 3.63) is 47.9 Å². The third kappa shape index (κ3) is 6.33. The van der Waals surface area contributed by atoms with E-state index in [2.05, 4.69) is 10.2 Å². The Kier molecular flexibility index (Phi) is 7.48. The number of morpholine rings is 1. The molecule has 1 unspecified atom stereocenters. The van der Waals surface area contributed by atoms with Crippen LogP contribution in [0.5, 0.6) is 0 Å². The first-order chi connectivity index (χ1) is 14.4. The van der Waals surface area contributed by atoms with E-state index in [0.29, 0.717) is 12.2 Å². The molecule has 1 aromatic heterocycles. The fraction of sp³-hybridized carbons (Fsp3) is 0.455. The van der Waals surface area contributed by atoms with Crippen LogP contribution in [0.15, 0.2) is 40.8 Å². The minimum Gasteiger partial charge on any atom is -0.460 e. The second-order valence-corrected chi connectivity index (χ2v) is 7.77. The normalized spacial score (nSPS) is 15.0. The Hall–Kier alpha value is -2.84. The van der Waals surface area contributed by atoms with Gasteiger partial charge in [0.05, 0.1) is 26.8 Å². The number of hydrogen-bond donors (Lipinski definition) is 2. The fourth-order valence-electron chi connectivity index (χ4n) is 3.41. The zero-order valence-corrected chi connectivity index (χ0v) is 17.9. The van der Waals surface area contributed by atoms with Crippen LogP contribution >= 0.6 is 0 Å². The maximum absolute atomic E-state index is 12.4. The van der Waals surface area contributed by atoms with E-state index in [4.69, 9.17) is 9.15 Å². The van der Waals surface area contributed by atoms with Crippen LogP contribution < -0.4 is 15.1 Å². The molecule has 8 heteroatoms. The predicted molar refractivity (Wildman–Crippen MR) is 115 cm³/mol. The van der Waals surface area contributed by atoms with E-state index in [1.165, 1.54) is 4.90 Å². The van der Waals surface area contributed by atoms with E-state index in [0.717, 1.165) is 48.4 Å². The third-order valence-corrected chi connectivity index (χ3v) is 5.06. The van der Waals surface area contributed by atoms with Crippen molar-refractivity contribution in [3.8, 4) is 0 Å². The van der Waals surface area contributed by atoms with Gasteiger partial charge in [0, 0.05) is 31.5 Å². The summed E-state index contributed by atoms with van der Waals surface area (Å²) in [6.45, 7) is 6.02. The number of aryl methyl sites for hydroxylation is 1. The average molecular weight is 416 g/mol. The van der Waals surface area contributed by atoms with E-state index in [9.17, 15) is 9.59 Å². The van der Waals surface area contributed by atoms with Crippen LogP contribution in [0.4, 0.5) is 11.4 Å². The number of benzene rings is 1. The molecule has 1 aliphatic rings. The van der Waals surface area contributed by atoms with Gasteiger partial charge < -0.3 is 29.2 Å². The Morgan fingerprint density at radius 3 is 2.47 bits per heavy atom. The smallest absolute Gasteiger partial charge is 0.277 e. The summed E-state index contributed by atoms with van der Waals surface area (Å²) in [5.41, 5.74) is 1.83. The minimum absolute atomic E-state index is 0.0111. The van der Waals surface area contributed by atoms with Crippen molar-refractivity contribution in [1.82, 2.24) is 4.90 Å². The van der Waals surface area contributed by atoms with Crippen molar-refractivity contribution in [2.45, 2.75) is 13.5 Å². The maximum atomic E-state index is 12.4. The van der Waals surface area contributed by atoms with Gasteiger partial charge in [0.25, 0.3) is 5.91 Å². The summed E-state index contributed by atoms with van der Waals surface area (Å²) >= 11 is 0. The maximum Gasteiger partial charge on any atom is 0.277 e. The van der Waals surface area contributed by atoms with Crippen molar-refractivity contribution >= 4 is 23.2 Å². The number of quaternary nitrogens is 1. The number of likely N-dealkylation sites (N-methyl/N-ethyl adjacent to an activating group) is 2. The number of furan rings is 1. The number of ether oxygens (including phenoxy) is 1. The van der Waals surface area contributed by atoms with E-state index >= 15 is 0 Å². The lowest BCUT2D eigenvalue weighted by molar-refractivity contribution is -0.886. The highest BCUT2D eigenvalue weighted by Crippen LogP contribution is 2.19. The number of nitrogens with zero attached hydrogens (tertiary/aromatic N) is 2. The molecule has 3 rings (SSSR count). The number of carbonyl (C=O) groups excluding carboxylic acids is 2. The highest BCUT2D eigenvalue weighted by Gasteiger charge is 2.18. The second-order valence-electron chi connectivity index (χ2n) is 7.77. The molecule has 1 aromatic carbocycles. The summed E-state index contributed by atoms with van der Waals surface area (Å²) in [6.07, 6.45) is 0. The molecule has 2 heterocycles. The van der Waals surface area contributed by atoms with Gasteiger partial charge in [-0.3, -0.25) is 9.59 Å². The van der Waals surface area contributed by atoms with E-state index < -0.39 is 0 Å². The largest absolute Gasteiger partial charge is 0.460 e. The molecule has 2 N–H and O–H groups in total. The molecule has 0 aliphatic carbocycles. The number of hydrogen-bond acceptors (Lipinski definition) is 5. The minimum atomic E-state index is -0.218. The van der Waals surface area contributed by atoms with E-state index in [1.807, 2.05) is 50.4 Å². The molecule has 8 nitrogen and oxygen atoms in total. The van der Waals surface area contributed by atoms with Gasteiger partial charge in [-0.25, -0.2) is 0 Å². The van der Waals surface area contributed by atoms with Gasteiger partial charge in [0.1, 0.15) is 12.3 Å². The Morgan fingerprint density at radius 1 is 1.13 bits per heavy atom. The first-order valence-corrected chi connectivity index (χ1v) is 10.2. The monoisotopic (exact) mass is 415 g/mol. The van der Waals surface area contributed by atoms with Gasteiger partial charge >= 0.3 is 0 Å². The number of anilines is 2. The first kappa shape index (κ1) is 21.9. The van der Waals surface area contributed by atoms with Crippen LogP contribution in [0.2, 0.25) is 0 Å². The molecule has 2 aromatic rings. The summed E-state index contributed by atoms with van der Waals surface area (Å²) < 4.78 is 10.9. The van der Waals surface area contributed by atoms with Gasteiger partial charge in [0.15, 0.2) is 12.3 Å². The van der Waals surface area contributed by atoms with Crippen molar-refractivity contribution < 1.29 is 23.6 Å². The fourth-order valence-corrected chi connectivity index (χ4v) is 3.41. The van der Waals surface area contributed by atoms with Gasteiger partial charge in [-0.1, -0.05) is 0 Å². The summed E-state index contributed by atoms with van der Waals surface area (Å²) in [4.78, 5) is 29.5. The van der Waals surface area contributed by atoms with Crippen LogP contribution in [0.25, 0.3) is 0 Å². The van der Waals surface area contributed by atoms with Crippen LogP contribution in [-0.4, -0.2) is 70.2 Å². The number of nitrogens with one attached hydrogen (secondary N) is 2. The lowest BCUT2D eigenvalue weighted by Gasteiger charge is -2.28. The Bertz CT molecular complexity index is 843. The van der Waals surface area contributed by atoms with Crippen LogP contribution in [-0.2, 0) is 20.9 Å². The molecule has 1 atom stereocenters. The van der Waals surface area contributed by atoms with Crippen molar-refractivity contribution in [2.24, 2.45) is 0 Å². The van der Waals surface area contributed by atoms with Crippen molar-refractivity contribution in [3.63, 3.8) is 0 Å². The van der Waals surface area contributed by atoms with Crippen LogP contribution in [0.3, 0.4) is 0 Å². The molecule has 0 spiro atoms. The van der Waals surface area contributed by atoms with Crippen LogP contribution in [0, 0.1) is 6.92 Å². The molecule has 0 radical (unpaired) electrons. The van der Waals surface area contributed by atoms with Gasteiger partial charge in [-0.2, -0.15) is 0 Å². The Balaban J connectivity index is 1.43. The lowest BCUT2D eigenvalue weighted by Crippen LogP contribution is -3.08. The second kappa shape index (κ2) is 10.3. The standard InChI is InChI=1S/C22H30N4O4/c1-17-4-9-20(30-17)14-24(2)16-22(28)25(3)15-21(27)23-18-5-7-19(8-6-18)26-10-12-29-13-11-26/h4-9H,10-16H2,1-3H3,(H,23,27)/p+1. The number of rotatable bonds is 8. The van der Waals surface area contributed by atoms with Gasteiger partial charge in [-0.05, 0) is 43.3 Å². The SMILES string of the molecule is Cc1ccc(C[NH+](C)CC(=O)N(C)CC(=O)Nc2ccc(N3CCOCC3)cc2)o1. The molecular weight excluding hydrogens is 384 g/mol. The zero-order valence-electron chi connectivity index (χ0n) is 17.9. The average Bonchev–Trinajstić information content (AvgIpc) is 3.13. The summed E-state index contributed by atoms with van der Waals surface area (Å²) in [7, 11) is 3.58. The molecule has 30 heavy (non-hydrogen) atoms. The third-order valence-electron chi connectivity index (χ3n) is 5.06. The molecule has 0 saturated carbocycles. The van der Waals surface area contributed by atoms with Crippen LogP contribution in [0.1, 0.15) is 11.5 Å². The molecule has 2 amide bonds. The zero-order chi connectivity index (χ0) is 21.5. The van der Waals surface area contributed by atoms with Crippen molar-refractivity contribution in [1.29, 1.82) is 0 Å². The Labute approximate surface area is 177 Å². The number of carbonyl (C=O) groups is 2. The topological polar surface area (TPSA) is 79.5 Å². The molecule has 0 bridgehead atoms. The number of amides is 2. The predicted octanol–water partition coefficient (Wildman–Crippen LogP) is 0.536. The molecule has 1 aliphatic heterocycles. The van der Waals surface area contributed by atoms with Gasteiger partial charge in [0.2, 0.25) is 5.91 Å². The Morgan fingerprint density at radius 2 is 1.83 bits per heavy atom. The highest BCUT2D eigenvalue weighted by molar-refractivity contribution is 5.94. The van der Waals surface area contributed by atoms with Gasteiger partial charge in [-0.15, -0.1) is 0 Å². The summed E-state index contributed by atoms with van der Waals surface area (Å²) in [5, 5.41) is 2.86. The lowest BCUT2D eigenvalue weighted by atomic mass is 10.2. The molecular formula is C22H31N4O4+. The summed E-state index contributed by atoms with van der Waals surface area (Å²) in [5.74, 6) is 1.40. The molecule has 162 valence electrons. The summed E-state index contributed by atoms with van der Waals surface area (Å²) in [6, 6.07) is 11.6. The van der Waals surface area contributed by atoms with E-state index in [-0.39, 0.29) is 24.9 Å². The highest BCUT2D eigenvalue weighted by atomic mass is 16.5. The van der Waals surface area contributed by atoms with E-state index in [1.54, 1.807) is 7.05 Å². The molecule has 1 fully saturated rings. The molecule has 1 saturated heterocycles. The quantitative estimate of drug-likeness (QED) is 0.658. The first-order valence-electron chi connectivity index (χ1n) is 10.2. The van der Waals surface area contributed by atoms with Crippen molar-refractivity contribution in [2.75, 3.05) is 63.7 Å².